The van der Waals surface area contributed by atoms with Gasteiger partial charge in [-0.1, -0.05) is 19.8 Å². The molecular weight excluding hydrogens is 283 g/mol. The third-order valence-electron chi connectivity index (χ3n) is 2.66. The molecule has 0 fully saturated rings. The van der Waals surface area contributed by atoms with Crippen LogP contribution in [-0.4, -0.2) is 11.9 Å². The van der Waals surface area contributed by atoms with Crippen molar-refractivity contribution in [1.82, 2.24) is 0 Å². The van der Waals surface area contributed by atoms with Crippen LogP contribution >= 0.6 is 0 Å². The Morgan fingerprint density at radius 2 is 1.50 bits per heavy atom. The van der Waals surface area contributed by atoms with E-state index in [9.17, 15) is 26.7 Å². The highest BCUT2D eigenvalue weighted by atomic mass is 19.2. The summed E-state index contributed by atoms with van der Waals surface area (Å²) in [4.78, 5) is 11.5. The van der Waals surface area contributed by atoms with Gasteiger partial charge < -0.3 is 11.1 Å². The van der Waals surface area contributed by atoms with E-state index in [0.717, 1.165) is 6.42 Å². The average molecular weight is 296 g/mol. The smallest absolute Gasteiger partial charge is 0.241 e. The molecule has 1 aromatic rings. The van der Waals surface area contributed by atoms with Crippen LogP contribution in [-0.2, 0) is 4.79 Å². The van der Waals surface area contributed by atoms with Crippen molar-refractivity contribution in [2.75, 3.05) is 5.32 Å². The Hall–Kier alpha value is -1.70. The molecule has 0 aromatic heterocycles. The van der Waals surface area contributed by atoms with Crippen molar-refractivity contribution >= 4 is 11.6 Å². The third-order valence-corrected chi connectivity index (χ3v) is 2.66. The molecule has 112 valence electrons. The molecule has 0 radical (unpaired) electrons. The standard InChI is InChI=1S/C12H13F5N2O/c1-2-3-4-5(18)12(20)19-11-9(16)7(14)6(13)8(15)10(11)17/h5H,2-4,18H2,1H3,(H,19,20). The first kappa shape index (κ1) is 16.4. The summed E-state index contributed by atoms with van der Waals surface area (Å²) in [7, 11) is 0. The van der Waals surface area contributed by atoms with Gasteiger partial charge in [-0.2, -0.15) is 0 Å². The van der Waals surface area contributed by atoms with Gasteiger partial charge in [0.2, 0.25) is 11.7 Å². The highest BCUT2D eigenvalue weighted by Crippen LogP contribution is 2.27. The van der Waals surface area contributed by atoms with Crippen molar-refractivity contribution in [2.45, 2.75) is 32.2 Å². The fourth-order valence-corrected chi connectivity index (χ4v) is 1.49. The van der Waals surface area contributed by atoms with Crippen molar-refractivity contribution in [1.29, 1.82) is 0 Å². The number of rotatable bonds is 5. The van der Waals surface area contributed by atoms with Crippen LogP contribution in [0.1, 0.15) is 26.2 Å². The Kier molecular flexibility index (Phi) is 5.43. The summed E-state index contributed by atoms with van der Waals surface area (Å²) in [6.45, 7) is 1.84. The minimum atomic E-state index is -2.28. The molecule has 20 heavy (non-hydrogen) atoms. The fraction of sp³-hybridized carbons (Fsp3) is 0.417. The number of anilines is 1. The number of nitrogens with one attached hydrogen (secondary N) is 1. The average Bonchev–Trinajstić information content (AvgIpc) is 2.44. The maximum Gasteiger partial charge on any atom is 0.241 e. The molecular formula is C12H13F5N2O. The SMILES string of the molecule is CCCCC(N)C(=O)Nc1c(F)c(F)c(F)c(F)c1F. The van der Waals surface area contributed by atoms with E-state index in [1.165, 1.54) is 0 Å². The molecule has 1 atom stereocenters. The molecule has 0 aliphatic heterocycles. The molecule has 1 amide bonds. The summed E-state index contributed by atoms with van der Waals surface area (Å²) in [5.41, 5.74) is 4.05. The topological polar surface area (TPSA) is 55.1 Å². The Morgan fingerprint density at radius 1 is 1.05 bits per heavy atom. The molecule has 3 nitrogen and oxygen atoms in total. The Bertz CT molecular complexity index is 492. The second-order valence-corrected chi connectivity index (χ2v) is 4.18. The second kappa shape index (κ2) is 6.65. The molecule has 0 heterocycles. The van der Waals surface area contributed by atoms with E-state index >= 15 is 0 Å². The molecule has 0 saturated heterocycles. The van der Waals surface area contributed by atoms with Gasteiger partial charge in [0, 0.05) is 0 Å². The van der Waals surface area contributed by atoms with Crippen LogP contribution < -0.4 is 11.1 Å². The van der Waals surface area contributed by atoms with Gasteiger partial charge in [-0.25, -0.2) is 22.0 Å². The highest BCUT2D eigenvalue weighted by molar-refractivity contribution is 5.94. The predicted molar refractivity (Wildman–Crippen MR) is 62.4 cm³/mol. The number of unbranched alkanes of at least 4 members (excludes halogenated alkanes) is 1. The highest BCUT2D eigenvalue weighted by Gasteiger charge is 2.27. The first-order valence-corrected chi connectivity index (χ1v) is 5.89. The van der Waals surface area contributed by atoms with E-state index < -0.39 is 46.7 Å². The largest absolute Gasteiger partial charge is 0.320 e. The molecule has 1 aromatic carbocycles. The lowest BCUT2D eigenvalue weighted by Gasteiger charge is -2.13. The van der Waals surface area contributed by atoms with Gasteiger partial charge in [0.1, 0.15) is 5.69 Å². The first-order valence-electron chi connectivity index (χ1n) is 5.89. The number of halogens is 5. The van der Waals surface area contributed by atoms with Crippen molar-refractivity contribution in [2.24, 2.45) is 5.73 Å². The normalized spacial score (nSPS) is 12.3. The maximum absolute atomic E-state index is 13.3. The Balaban J connectivity index is 3.01. The monoisotopic (exact) mass is 296 g/mol. The van der Waals surface area contributed by atoms with Crippen LogP contribution in [0.4, 0.5) is 27.6 Å². The zero-order valence-electron chi connectivity index (χ0n) is 10.6. The minimum absolute atomic E-state index is 0.234. The molecule has 0 aliphatic carbocycles. The van der Waals surface area contributed by atoms with Crippen LogP contribution in [0.3, 0.4) is 0 Å². The summed E-state index contributed by atoms with van der Waals surface area (Å²) in [6, 6.07) is -1.09. The number of amides is 1. The number of carbonyl (C=O) groups excluding carboxylic acids is 1. The zero-order chi connectivity index (χ0) is 15.4. The lowest BCUT2D eigenvalue weighted by atomic mass is 10.1. The number of hydrogen-bond acceptors (Lipinski definition) is 2. The minimum Gasteiger partial charge on any atom is -0.320 e. The van der Waals surface area contributed by atoms with Gasteiger partial charge in [-0.15, -0.1) is 0 Å². The number of benzene rings is 1. The molecule has 3 N–H and O–H groups in total. The summed E-state index contributed by atoms with van der Waals surface area (Å²) >= 11 is 0. The van der Waals surface area contributed by atoms with Crippen LogP contribution in [0.5, 0.6) is 0 Å². The molecule has 0 aliphatic rings. The van der Waals surface area contributed by atoms with Crippen molar-refractivity contribution in [3.05, 3.63) is 29.1 Å². The Labute approximate surface area is 112 Å². The van der Waals surface area contributed by atoms with Crippen LogP contribution in [0.25, 0.3) is 0 Å². The van der Waals surface area contributed by atoms with E-state index in [1.54, 1.807) is 5.32 Å². The van der Waals surface area contributed by atoms with Gasteiger partial charge in [-0.05, 0) is 6.42 Å². The van der Waals surface area contributed by atoms with E-state index in [-0.39, 0.29) is 6.42 Å². The molecule has 1 rings (SSSR count). The number of hydrogen-bond donors (Lipinski definition) is 2. The van der Waals surface area contributed by atoms with Crippen LogP contribution in [0.2, 0.25) is 0 Å². The number of carbonyl (C=O) groups is 1. The van der Waals surface area contributed by atoms with E-state index in [2.05, 4.69) is 0 Å². The lowest BCUT2D eigenvalue weighted by molar-refractivity contribution is -0.117. The van der Waals surface area contributed by atoms with E-state index in [1.807, 2.05) is 6.92 Å². The molecule has 0 saturated carbocycles. The van der Waals surface area contributed by atoms with Crippen molar-refractivity contribution < 1.29 is 26.7 Å². The van der Waals surface area contributed by atoms with Gasteiger partial charge in [0.15, 0.2) is 23.3 Å². The predicted octanol–water partition coefficient (Wildman–Crippen LogP) is 2.84. The lowest BCUT2D eigenvalue weighted by Crippen LogP contribution is -2.36. The fourth-order valence-electron chi connectivity index (χ4n) is 1.49. The quantitative estimate of drug-likeness (QED) is 0.499. The van der Waals surface area contributed by atoms with Gasteiger partial charge in [0.05, 0.1) is 6.04 Å². The molecule has 0 bridgehead atoms. The third kappa shape index (κ3) is 3.24. The molecule has 1 unspecified atom stereocenters. The Morgan fingerprint density at radius 3 is 1.95 bits per heavy atom. The zero-order valence-corrected chi connectivity index (χ0v) is 10.6. The van der Waals surface area contributed by atoms with Gasteiger partial charge in [0.25, 0.3) is 0 Å². The summed E-state index contributed by atoms with van der Waals surface area (Å²) < 4.78 is 65.2. The summed E-state index contributed by atoms with van der Waals surface area (Å²) in [6.07, 6.45) is 1.56. The van der Waals surface area contributed by atoms with E-state index in [0.29, 0.717) is 6.42 Å². The first-order chi connectivity index (χ1) is 9.31. The maximum atomic E-state index is 13.3. The van der Waals surface area contributed by atoms with Gasteiger partial charge >= 0.3 is 0 Å². The van der Waals surface area contributed by atoms with Crippen molar-refractivity contribution in [3.8, 4) is 0 Å². The number of nitrogens with two attached hydrogens (primary N) is 1. The summed E-state index contributed by atoms with van der Waals surface area (Å²) in [5, 5.41) is 1.64. The van der Waals surface area contributed by atoms with E-state index in [4.69, 9.17) is 5.73 Å². The molecule has 8 heteroatoms. The molecule has 0 spiro atoms. The summed E-state index contributed by atoms with van der Waals surface area (Å²) in [5.74, 6) is -11.7. The van der Waals surface area contributed by atoms with Crippen LogP contribution in [0.15, 0.2) is 0 Å². The van der Waals surface area contributed by atoms with Gasteiger partial charge in [-0.3, -0.25) is 4.79 Å². The van der Waals surface area contributed by atoms with Crippen molar-refractivity contribution in [3.63, 3.8) is 0 Å². The van der Waals surface area contributed by atoms with Crippen LogP contribution in [0, 0.1) is 29.1 Å². The second-order valence-electron chi connectivity index (χ2n) is 4.18.